The quantitative estimate of drug-likeness (QED) is 0.769. The minimum atomic E-state index is -3.48. The Bertz CT molecular complexity index is 982. The zero-order valence-electron chi connectivity index (χ0n) is 17.2. The summed E-state index contributed by atoms with van der Waals surface area (Å²) in [6.07, 6.45) is 9.81. The van der Waals surface area contributed by atoms with Gasteiger partial charge in [-0.25, -0.2) is 8.42 Å². The second-order valence-corrected chi connectivity index (χ2v) is 10.4. The number of nitrogens with one attached hydrogen (secondary N) is 1. The Labute approximate surface area is 173 Å². The van der Waals surface area contributed by atoms with Gasteiger partial charge in [-0.05, 0) is 49.9 Å². The lowest BCUT2D eigenvalue weighted by molar-refractivity contribution is 0.0925. The van der Waals surface area contributed by atoms with Gasteiger partial charge in [-0.1, -0.05) is 32.1 Å². The Kier molecular flexibility index (Phi) is 5.97. The van der Waals surface area contributed by atoms with E-state index in [0.29, 0.717) is 23.7 Å². The van der Waals surface area contributed by atoms with Gasteiger partial charge in [0.15, 0.2) is 0 Å². The molecule has 0 unspecified atom stereocenters. The highest BCUT2D eigenvalue weighted by Gasteiger charge is 2.27. The number of benzene rings is 1. The number of carbonyl (C=O) groups excluding carboxylic acids is 1. The highest BCUT2D eigenvalue weighted by Crippen LogP contribution is 2.26. The predicted molar refractivity (Wildman–Crippen MR) is 114 cm³/mol. The first-order valence-electron chi connectivity index (χ1n) is 10.9. The average molecular weight is 418 g/mol. The van der Waals surface area contributed by atoms with Crippen molar-refractivity contribution in [3.63, 3.8) is 0 Å². The molecule has 4 rings (SSSR count). The summed E-state index contributed by atoms with van der Waals surface area (Å²) in [5.41, 5.74) is 1.45. The zero-order valence-corrected chi connectivity index (χ0v) is 18.0. The Balaban J connectivity index is 1.59. The second-order valence-electron chi connectivity index (χ2n) is 8.44. The van der Waals surface area contributed by atoms with Crippen molar-refractivity contribution in [2.45, 2.75) is 68.7 Å². The molecule has 1 saturated carbocycles. The molecule has 158 valence electrons. The SMILES string of the molecule is Cn1c(C(=O)NC2CCCCCC2)cc2cc(S(=O)(=O)N3CCCCC3)ccc21. The number of hydrogen-bond acceptors (Lipinski definition) is 3. The summed E-state index contributed by atoms with van der Waals surface area (Å²) in [7, 11) is -1.62. The van der Waals surface area contributed by atoms with Crippen LogP contribution in [0.15, 0.2) is 29.2 Å². The van der Waals surface area contributed by atoms with E-state index in [1.54, 1.807) is 16.4 Å². The van der Waals surface area contributed by atoms with Crippen LogP contribution in [0.1, 0.15) is 68.3 Å². The highest BCUT2D eigenvalue weighted by atomic mass is 32.2. The normalized spacial score (nSPS) is 19.9. The average Bonchev–Trinajstić information content (AvgIpc) is 2.89. The molecule has 0 atom stereocenters. The first kappa shape index (κ1) is 20.4. The van der Waals surface area contributed by atoms with E-state index in [1.165, 1.54) is 12.8 Å². The van der Waals surface area contributed by atoms with Gasteiger partial charge in [-0.2, -0.15) is 4.31 Å². The van der Waals surface area contributed by atoms with Crippen LogP contribution in [0.2, 0.25) is 0 Å². The van der Waals surface area contributed by atoms with Crippen LogP contribution in [-0.4, -0.2) is 42.3 Å². The van der Waals surface area contributed by atoms with Gasteiger partial charge in [-0.15, -0.1) is 0 Å². The van der Waals surface area contributed by atoms with E-state index in [-0.39, 0.29) is 11.9 Å². The topological polar surface area (TPSA) is 71.4 Å². The number of aryl methyl sites for hydroxylation is 1. The van der Waals surface area contributed by atoms with Gasteiger partial charge in [0.2, 0.25) is 10.0 Å². The molecule has 0 spiro atoms. The zero-order chi connectivity index (χ0) is 20.4. The van der Waals surface area contributed by atoms with E-state index in [2.05, 4.69) is 5.32 Å². The van der Waals surface area contributed by atoms with Crippen molar-refractivity contribution in [2.24, 2.45) is 7.05 Å². The van der Waals surface area contributed by atoms with Gasteiger partial charge in [0.25, 0.3) is 5.91 Å². The van der Waals surface area contributed by atoms with Crippen LogP contribution in [0, 0.1) is 0 Å². The Morgan fingerprint density at radius 3 is 2.31 bits per heavy atom. The Morgan fingerprint density at radius 2 is 1.62 bits per heavy atom. The monoisotopic (exact) mass is 417 g/mol. The van der Waals surface area contributed by atoms with Gasteiger partial charge in [0.1, 0.15) is 5.69 Å². The lowest BCUT2D eigenvalue weighted by atomic mass is 10.1. The molecule has 29 heavy (non-hydrogen) atoms. The summed E-state index contributed by atoms with van der Waals surface area (Å²) >= 11 is 0. The second kappa shape index (κ2) is 8.48. The number of sulfonamides is 1. The van der Waals surface area contributed by atoms with E-state index in [9.17, 15) is 13.2 Å². The molecule has 1 aromatic heterocycles. The maximum Gasteiger partial charge on any atom is 0.268 e. The maximum atomic E-state index is 13.0. The van der Waals surface area contributed by atoms with Gasteiger partial charge >= 0.3 is 0 Å². The van der Waals surface area contributed by atoms with Crippen LogP contribution >= 0.6 is 0 Å². The maximum absolute atomic E-state index is 13.0. The molecule has 1 aliphatic heterocycles. The molecule has 0 radical (unpaired) electrons. The number of amides is 1. The highest BCUT2D eigenvalue weighted by molar-refractivity contribution is 7.89. The Hall–Kier alpha value is -1.86. The van der Waals surface area contributed by atoms with Crippen LogP contribution in [0.5, 0.6) is 0 Å². The molecule has 6 nitrogen and oxygen atoms in total. The minimum Gasteiger partial charge on any atom is -0.348 e. The minimum absolute atomic E-state index is 0.0731. The molecule has 1 saturated heterocycles. The number of nitrogens with zero attached hydrogens (tertiary/aromatic N) is 2. The third-order valence-electron chi connectivity index (χ3n) is 6.39. The summed E-state index contributed by atoms with van der Waals surface area (Å²) in [6.45, 7) is 1.18. The molecule has 1 aliphatic carbocycles. The largest absolute Gasteiger partial charge is 0.348 e. The van der Waals surface area contributed by atoms with Crippen molar-refractivity contribution < 1.29 is 13.2 Å². The predicted octanol–water partition coefficient (Wildman–Crippen LogP) is 3.81. The third-order valence-corrected chi connectivity index (χ3v) is 8.28. The van der Waals surface area contributed by atoms with E-state index >= 15 is 0 Å². The molecule has 2 heterocycles. The Morgan fingerprint density at radius 1 is 0.966 bits per heavy atom. The fourth-order valence-electron chi connectivity index (χ4n) is 4.64. The molecular weight excluding hydrogens is 386 g/mol. The molecule has 7 heteroatoms. The van der Waals surface area contributed by atoms with Gasteiger partial charge in [-0.3, -0.25) is 4.79 Å². The fourth-order valence-corrected chi connectivity index (χ4v) is 6.20. The van der Waals surface area contributed by atoms with Crippen molar-refractivity contribution in [2.75, 3.05) is 13.1 Å². The molecule has 0 bridgehead atoms. The number of piperidine rings is 1. The van der Waals surface area contributed by atoms with Crippen LogP contribution in [-0.2, 0) is 17.1 Å². The number of hydrogen-bond donors (Lipinski definition) is 1. The summed E-state index contributed by atoms with van der Waals surface area (Å²) in [5.74, 6) is -0.0731. The molecule has 1 aromatic carbocycles. The van der Waals surface area contributed by atoms with Crippen molar-refractivity contribution in [3.8, 4) is 0 Å². The summed E-state index contributed by atoms with van der Waals surface area (Å²) in [5, 5.41) is 3.98. The number of fused-ring (bicyclic) bond motifs is 1. The van der Waals surface area contributed by atoms with Gasteiger partial charge in [0.05, 0.1) is 4.90 Å². The lowest BCUT2D eigenvalue weighted by Gasteiger charge is -2.25. The van der Waals surface area contributed by atoms with Crippen molar-refractivity contribution in [3.05, 3.63) is 30.0 Å². The van der Waals surface area contributed by atoms with Crippen LogP contribution in [0.3, 0.4) is 0 Å². The van der Waals surface area contributed by atoms with E-state index in [0.717, 1.165) is 55.8 Å². The molecule has 2 aliphatic rings. The molecular formula is C22H31N3O3S. The number of carbonyl (C=O) groups is 1. The van der Waals surface area contributed by atoms with Crippen molar-refractivity contribution in [1.29, 1.82) is 0 Å². The summed E-state index contributed by atoms with van der Waals surface area (Å²) < 4.78 is 29.4. The lowest BCUT2D eigenvalue weighted by Crippen LogP contribution is -2.35. The van der Waals surface area contributed by atoms with Crippen molar-refractivity contribution >= 4 is 26.8 Å². The number of rotatable bonds is 4. The first-order chi connectivity index (χ1) is 14.0. The van der Waals surface area contributed by atoms with Gasteiger partial charge < -0.3 is 9.88 Å². The summed E-state index contributed by atoms with van der Waals surface area (Å²) in [6, 6.07) is 7.24. The number of aromatic nitrogens is 1. The summed E-state index contributed by atoms with van der Waals surface area (Å²) in [4.78, 5) is 13.2. The standard InChI is InChI=1S/C22H31N3O3S/c1-24-20-12-11-19(29(27,28)25-13-7-4-8-14-25)15-17(20)16-21(24)22(26)23-18-9-5-2-3-6-10-18/h11-12,15-16,18H,2-10,13-14H2,1H3,(H,23,26). The van der Waals surface area contributed by atoms with E-state index in [4.69, 9.17) is 0 Å². The first-order valence-corrected chi connectivity index (χ1v) is 12.3. The van der Waals surface area contributed by atoms with Crippen LogP contribution in [0.4, 0.5) is 0 Å². The molecule has 1 amide bonds. The van der Waals surface area contributed by atoms with Gasteiger partial charge in [0, 0.05) is 37.1 Å². The van der Waals surface area contributed by atoms with Crippen molar-refractivity contribution in [1.82, 2.24) is 14.2 Å². The smallest absolute Gasteiger partial charge is 0.268 e. The fraction of sp³-hybridized carbons (Fsp3) is 0.591. The molecule has 2 aromatic rings. The van der Waals surface area contributed by atoms with Crippen LogP contribution in [0.25, 0.3) is 10.9 Å². The van der Waals surface area contributed by atoms with E-state index < -0.39 is 10.0 Å². The van der Waals surface area contributed by atoms with E-state index in [1.807, 2.05) is 23.7 Å². The molecule has 2 fully saturated rings. The third kappa shape index (κ3) is 4.21. The molecule has 1 N–H and O–H groups in total. The van der Waals surface area contributed by atoms with Crippen LogP contribution < -0.4 is 5.32 Å².